The Bertz CT molecular complexity index is 848. The number of ether oxygens (including phenoxy) is 1. The zero-order chi connectivity index (χ0) is 21.7. The van der Waals surface area contributed by atoms with E-state index in [-0.39, 0.29) is 35.8 Å². The summed E-state index contributed by atoms with van der Waals surface area (Å²) in [5.74, 6) is -1.01. The van der Waals surface area contributed by atoms with Crippen LogP contribution in [0.5, 0.6) is 5.75 Å². The summed E-state index contributed by atoms with van der Waals surface area (Å²) in [6.07, 6.45) is 1.81. The van der Waals surface area contributed by atoms with E-state index >= 15 is 0 Å². The summed E-state index contributed by atoms with van der Waals surface area (Å²) in [5.41, 5.74) is 0.748. The number of amides is 2. The first kappa shape index (κ1) is 22.3. The van der Waals surface area contributed by atoms with Gasteiger partial charge in [0.2, 0.25) is 0 Å². The second kappa shape index (κ2) is 10.1. The Kier molecular flexibility index (Phi) is 7.50. The van der Waals surface area contributed by atoms with Crippen molar-refractivity contribution >= 4 is 23.3 Å². The minimum Gasteiger partial charge on any atom is -0.497 e. The van der Waals surface area contributed by atoms with Gasteiger partial charge in [-0.25, -0.2) is 13.6 Å². The molecule has 1 saturated heterocycles. The number of methoxy groups -OCH3 is 1. The van der Waals surface area contributed by atoms with E-state index in [0.29, 0.717) is 10.7 Å². The van der Waals surface area contributed by atoms with Crippen LogP contribution in [0.15, 0.2) is 36.4 Å². The number of rotatable bonds is 6. The molecular formula is C22H26ClF2N3O2. The number of carbonyl (C=O) groups is 1. The van der Waals surface area contributed by atoms with Gasteiger partial charge in [0.15, 0.2) is 0 Å². The fraction of sp³-hybridized carbons (Fsp3) is 0.409. The molecule has 1 fully saturated rings. The van der Waals surface area contributed by atoms with E-state index in [9.17, 15) is 13.6 Å². The number of carbonyl (C=O) groups excluding carboxylic acids is 1. The number of benzene rings is 2. The first-order chi connectivity index (χ1) is 14.4. The van der Waals surface area contributed by atoms with Gasteiger partial charge in [0, 0.05) is 53.6 Å². The van der Waals surface area contributed by atoms with Gasteiger partial charge in [0.25, 0.3) is 0 Å². The Morgan fingerprint density at radius 1 is 1.20 bits per heavy atom. The number of likely N-dealkylation sites (tertiary alicyclic amines) is 1. The summed E-state index contributed by atoms with van der Waals surface area (Å²) >= 11 is 5.84. The summed E-state index contributed by atoms with van der Waals surface area (Å²) in [4.78, 5) is 14.4. The van der Waals surface area contributed by atoms with E-state index in [0.717, 1.165) is 25.9 Å². The van der Waals surface area contributed by atoms with Gasteiger partial charge in [-0.1, -0.05) is 11.6 Å². The second-order valence-electron chi connectivity index (χ2n) is 7.54. The molecule has 8 heteroatoms. The molecule has 30 heavy (non-hydrogen) atoms. The van der Waals surface area contributed by atoms with Crippen LogP contribution in [0.1, 0.15) is 25.3 Å². The first-order valence-corrected chi connectivity index (χ1v) is 10.3. The Balaban J connectivity index is 1.48. The smallest absolute Gasteiger partial charge is 0.319 e. The Labute approximate surface area is 180 Å². The van der Waals surface area contributed by atoms with Crippen molar-refractivity contribution in [2.24, 2.45) is 0 Å². The molecule has 0 spiro atoms. The lowest BCUT2D eigenvalue weighted by molar-refractivity contribution is 0.152. The van der Waals surface area contributed by atoms with Crippen LogP contribution in [-0.2, 0) is 6.42 Å². The van der Waals surface area contributed by atoms with Gasteiger partial charge in [0.05, 0.1) is 7.11 Å². The van der Waals surface area contributed by atoms with Crippen LogP contribution in [0.25, 0.3) is 0 Å². The number of hydrogen-bond acceptors (Lipinski definition) is 3. The quantitative estimate of drug-likeness (QED) is 0.679. The van der Waals surface area contributed by atoms with Gasteiger partial charge in [-0.05, 0) is 50.5 Å². The van der Waals surface area contributed by atoms with Crippen LogP contribution >= 0.6 is 11.6 Å². The van der Waals surface area contributed by atoms with E-state index in [2.05, 4.69) is 15.5 Å². The van der Waals surface area contributed by atoms with Crippen molar-refractivity contribution in [2.75, 3.05) is 25.5 Å². The lowest BCUT2D eigenvalue weighted by atomic mass is 9.99. The Hall–Kier alpha value is -2.38. The average molecular weight is 438 g/mol. The Morgan fingerprint density at radius 3 is 2.37 bits per heavy atom. The van der Waals surface area contributed by atoms with E-state index in [1.54, 1.807) is 24.3 Å². The highest BCUT2D eigenvalue weighted by molar-refractivity contribution is 6.30. The van der Waals surface area contributed by atoms with Crippen molar-refractivity contribution in [3.8, 4) is 5.75 Å². The lowest BCUT2D eigenvalue weighted by Gasteiger charge is -2.36. The maximum Gasteiger partial charge on any atom is 0.319 e. The van der Waals surface area contributed by atoms with Gasteiger partial charge in [-0.2, -0.15) is 0 Å². The summed E-state index contributed by atoms with van der Waals surface area (Å²) in [5, 5.41) is 6.38. The highest BCUT2D eigenvalue weighted by Crippen LogP contribution is 2.24. The highest BCUT2D eigenvalue weighted by Gasteiger charge is 2.25. The fourth-order valence-corrected chi connectivity index (χ4v) is 3.81. The van der Waals surface area contributed by atoms with Crippen LogP contribution in [0.2, 0.25) is 5.02 Å². The molecule has 1 atom stereocenters. The molecular weight excluding hydrogens is 412 g/mol. The van der Waals surface area contributed by atoms with E-state index < -0.39 is 11.6 Å². The minimum absolute atomic E-state index is 0.0220. The summed E-state index contributed by atoms with van der Waals surface area (Å²) < 4.78 is 33.4. The molecule has 0 aliphatic carbocycles. The molecule has 0 saturated carbocycles. The molecule has 1 heterocycles. The predicted octanol–water partition coefficient (Wildman–Crippen LogP) is 4.84. The van der Waals surface area contributed by atoms with Gasteiger partial charge >= 0.3 is 6.03 Å². The minimum atomic E-state index is -0.589. The van der Waals surface area contributed by atoms with Crippen molar-refractivity contribution < 1.29 is 18.3 Å². The molecule has 2 aromatic carbocycles. The van der Waals surface area contributed by atoms with Crippen LogP contribution in [0.3, 0.4) is 0 Å². The SMILES string of the molecule is COc1cc(F)c(C[C@H](C)N2CCC(NC(=O)Nc3ccc(Cl)cc3)CC2)c(F)c1. The monoisotopic (exact) mass is 437 g/mol. The number of hydrogen-bond donors (Lipinski definition) is 2. The van der Waals surface area contributed by atoms with Crippen molar-refractivity contribution in [1.82, 2.24) is 10.2 Å². The molecule has 2 aromatic rings. The average Bonchev–Trinajstić information content (AvgIpc) is 2.72. The van der Waals surface area contributed by atoms with Gasteiger partial charge in [0.1, 0.15) is 17.4 Å². The maximum absolute atomic E-state index is 14.2. The van der Waals surface area contributed by atoms with E-state index in [1.807, 2.05) is 6.92 Å². The van der Waals surface area contributed by atoms with Crippen LogP contribution < -0.4 is 15.4 Å². The van der Waals surface area contributed by atoms with Crippen molar-refractivity contribution in [2.45, 2.75) is 38.3 Å². The predicted molar refractivity (Wildman–Crippen MR) is 114 cm³/mol. The molecule has 3 rings (SSSR count). The molecule has 2 amide bonds. The standard InChI is InChI=1S/C22H26ClF2N3O2/c1-14(11-19-20(24)12-18(30-2)13-21(19)25)28-9-7-17(8-10-28)27-22(29)26-16-5-3-15(23)4-6-16/h3-6,12-14,17H,7-11H2,1-2H3,(H2,26,27,29)/t14-/m0/s1. The van der Waals surface area contributed by atoms with Crippen LogP contribution in [-0.4, -0.2) is 43.2 Å². The van der Waals surface area contributed by atoms with Crippen LogP contribution in [0.4, 0.5) is 19.3 Å². The molecule has 5 nitrogen and oxygen atoms in total. The zero-order valence-electron chi connectivity index (χ0n) is 17.1. The van der Waals surface area contributed by atoms with Gasteiger partial charge < -0.3 is 20.3 Å². The first-order valence-electron chi connectivity index (χ1n) is 9.94. The number of halogens is 3. The van der Waals surface area contributed by atoms with Gasteiger partial charge in [-0.15, -0.1) is 0 Å². The van der Waals surface area contributed by atoms with E-state index in [4.69, 9.17) is 16.3 Å². The molecule has 162 valence electrons. The number of urea groups is 1. The fourth-order valence-electron chi connectivity index (χ4n) is 3.69. The van der Waals surface area contributed by atoms with E-state index in [1.165, 1.54) is 19.2 Å². The summed E-state index contributed by atoms with van der Waals surface area (Å²) in [7, 11) is 1.38. The molecule has 1 aliphatic rings. The zero-order valence-corrected chi connectivity index (χ0v) is 17.8. The topological polar surface area (TPSA) is 53.6 Å². The number of nitrogens with zero attached hydrogens (tertiary/aromatic N) is 1. The summed E-state index contributed by atoms with van der Waals surface area (Å²) in [6, 6.07) is 9.10. The highest BCUT2D eigenvalue weighted by atomic mass is 35.5. The number of nitrogens with one attached hydrogen (secondary N) is 2. The lowest BCUT2D eigenvalue weighted by Crippen LogP contribution is -2.48. The summed E-state index contributed by atoms with van der Waals surface area (Å²) in [6.45, 7) is 3.45. The normalized spacial score (nSPS) is 16.2. The number of piperidine rings is 1. The third-order valence-corrected chi connectivity index (χ3v) is 5.69. The molecule has 0 radical (unpaired) electrons. The van der Waals surface area contributed by atoms with Crippen molar-refractivity contribution in [3.63, 3.8) is 0 Å². The second-order valence-corrected chi connectivity index (χ2v) is 7.97. The molecule has 0 bridgehead atoms. The van der Waals surface area contributed by atoms with Gasteiger partial charge in [-0.3, -0.25) is 0 Å². The molecule has 0 unspecified atom stereocenters. The largest absolute Gasteiger partial charge is 0.497 e. The van der Waals surface area contributed by atoms with Crippen LogP contribution in [0, 0.1) is 11.6 Å². The third-order valence-electron chi connectivity index (χ3n) is 5.44. The number of anilines is 1. The maximum atomic E-state index is 14.2. The molecule has 2 N–H and O–H groups in total. The molecule has 0 aromatic heterocycles. The molecule has 1 aliphatic heterocycles. The Morgan fingerprint density at radius 2 is 1.80 bits per heavy atom. The van der Waals surface area contributed by atoms with Crippen molar-refractivity contribution in [1.29, 1.82) is 0 Å². The third kappa shape index (κ3) is 5.83. The van der Waals surface area contributed by atoms with Crippen molar-refractivity contribution in [3.05, 3.63) is 58.6 Å².